The predicted octanol–water partition coefficient (Wildman–Crippen LogP) is 3.71. The molecule has 0 saturated carbocycles. The molecule has 2 N–H and O–H groups in total. The van der Waals surface area contributed by atoms with Crippen LogP contribution in [0, 0.1) is 11.7 Å². The van der Waals surface area contributed by atoms with Gasteiger partial charge in [-0.1, -0.05) is 50.2 Å². The smallest absolute Gasteiger partial charge is 0.225 e. The van der Waals surface area contributed by atoms with Crippen LogP contribution in [0.3, 0.4) is 0 Å². The summed E-state index contributed by atoms with van der Waals surface area (Å²) in [6, 6.07) is 13.2. The molecule has 1 fully saturated rings. The zero-order chi connectivity index (χ0) is 21.8. The van der Waals surface area contributed by atoms with E-state index in [1.807, 2.05) is 24.3 Å². The summed E-state index contributed by atoms with van der Waals surface area (Å²) >= 11 is 0. The van der Waals surface area contributed by atoms with Gasteiger partial charge in [-0.3, -0.25) is 9.59 Å². The average molecular weight is 413 g/mol. The van der Waals surface area contributed by atoms with Crippen LogP contribution in [0.1, 0.15) is 61.4 Å². The summed E-state index contributed by atoms with van der Waals surface area (Å²) in [5, 5.41) is 13.3. The van der Waals surface area contributed by atoms with Crippen molar-refractivity contribution in [3.63, 3.8) is 0 Å². The van der Waals surface area contributed by atoms with Gasteiger partial charge in [0.05, 0.1) is 18.1 Å². The molecule has 6 heteroatoms. The molecule has 5 nitrogen and oxygen atoms in total. The third-order valence-electron chi connectivity index (χ3n) is 5.85. The molecule has 0 bridgehead atoms. The molecule has 0 spiro atoms. The van der Waals surface area contributed by atoms with Gasteiger partial charge in [0.25, 0.3) is 0 Å². The van der Waals surface area contributed by atoms with Crippen molar-refractivity contribution in [2.75, 3.05) is 13.6 Å². The Labute approximate surface area is 176 Å². The number of amides is 2. The van der Waals surface area contributed by atoms with E-state index in [2.05, 4.69) is 19.2 Å². The zero-order valence-corrected chi connectivity index (χ0v) is 17.6. The first-order chi connectivity index (χ1) is 14.3. The van der Waals surface area contributed by atoms with Crippen molar-refractivity contribution >= 4 is 11.8 Å². The minimum atomic E-state index is -0.828. The minimum absolute atomic E-state index is 0.0708. The number of nitrogens with one attached hydrogen (secondary N) is 1. The van der Waals surface area contributed by atoms with E-state index in [-0.39, 0.29) is 24.8 Å². The van der Waals surface area contributed by atoms with E-state index in [9.17, 15) is 19.1 Å². The van der Waals surface area contributed by atoms with Crippen LogP contribution < -0.4 is 5.32 Å². The highest BCUT2D eigenvalue weighted by molar-refractivity contribution is 5.84. The third kappa shape index (κ3) is 4.87. The first kappa shape index (κ1) is 22.0. The Bertz CT molecular complexity index is 898. The predicted molar refractivity (Wildman–Crippen MR) is 113 cm³/mol. The molecule has 3 rings (SSSR count). The number of aliphatic hydroxyl groups is 1. The number of carbonyl (C=O) groups is 2. The summed E-state index contributed by atoms with van der Waals surface area (Å²) < 4.78 is 13.8. The standard InChI is InChI=1S/C24H29FN2O3/c1-15(2)16-7-9-17(10-8-16)21(28)14-26-24(30)20-11-12-22(29)27(3)23(20)18-5-4-6-19(25)13-18/h4-10,13,15,20-21,23,28H,11-12,14H2,1-3H3,(H,26,30). The Morgan fingerprint density at radius 2 is 1.87 bits per heavy atom. The molecule has 3 atom stereocenters. The van der Waals surface area contributed by atoms with Crippen molar-refractivity contribution in [1.29, 1.82) is 0 Å². The summed E-state index contributed by atoms with van der Waals surface area (Å²) in [6.07, 6.45) is -0.180. The summed E-state index contributed by atoms with van der Waals surface area (Å²) in [6.45, 7) is 4.28. The fourth-order valence-electron chi connectivity index (χ4n) is 4.01. The van der Waals surface area contributed by atoms with Gasteiger partial charge in [0.1, 0.15) is 5.82 Å². The van der Waals surface area contributed by atoms with Crippen LogP contribution in [0.2, 0.25) is 0 Å². The largest absolute Gasteiger partial charge is 0.387 e. The summed E-state index contributed by atoms with van der Waals surface area (Å²) in [5.41, 5.74) is 2.51. The molecular weight excluding hydrogens is 383 g/mol. The van der Waals surface area contributed by atoms with E-state index in [1.165, 1.54) is 22.6 Å². The number of carbonyl (C=O) groups excluding carboxylic acids is 2. The molecule has 2 aromatic carbocycles. The molecule has 1 saturated heterocycles. The fraction of sp³-hybridized carbons (Fsp3) is 0.417. The normalized spacial score (nSPS) is 20.3. The van der Waals surface area contributed by atoms with Crippen LogP contribution in [0.25, 0.3) is 0 Å². The van der Waals surface area contributed by atoms with Gasteiger partial charge in [0.15, 0.2) is 0 Å². The van der Waals surface area contributed by atoms with Crippen molar-refractivity contribution in [1.82, 2.24) is 10.2 Å². The lowest BCUT2D eigenvalue weighted by Gasteiger charge is -2.38. The molecular formula is C24H29FN2O3. The maximum absolute atomic E-state index is 13.8. The zero-order valence-electron chi connectivity index (χ0n) is 17.6. The van der Waals surface area contributed by atoms with E-state index < -0.39 is 23.9 Å². The lowest BCUT2D eigenvalue weighted by Crippen LogP contribution is -2.47. The van der Waals surface area contributed by atoms with Crippen molar-refractivity contribution in [2.45, 2.75) is 44.8 Å². The number of halogens is 1. The van der Waals surface area contributed by atoms with Gasteiger partial charge in [0.2, 0.25) is 11.8 Å². The first-order valence-corrected chi connectivity index (χ1v) is 10.3. The number of benzene rings is 2. The average Bonchev–Trinajstić information content (AvgIpc) is 2.73. The number of hydrogen-bond donors (Lipinski definition) is 2. The van der Waals surface area contributed by atoms with Gasteiger partial charge >= 0.3 is 0 Å². The molecule has 1 heterocycles. The number of nitrogens with zero attached hydrogens (tertiary/aromatic N) is 1. The highest BCUT2D eigenvalue weighted by Gasteiger charge is 2.39. The van der Waals surface area contributed by atoms with E-state index >= 15 is 0 Å². The molecule has 1 aliphatic heterocycles. The van der Waals surface area contributed by atoms with Crippen LogP contribution >= 0.6 is 0 Å². The van der Waals surface area contributed by atoms with Gasteiger partial charge in [-0.15, -0.1) is 0 Å². The number of hydrogen-bond acceptors (Lipinski definition) is 3. The molecule has 0 aliphatic carbocycles. The molecule has 0 radical (unpaired) electrons. The Balaban J connectivity index is 1.70. The van der Waals surface area contributed by atoms with Crippen molar-refractivity contribution in [3.05, 3.63) is 71.0 Å². The second kappa shape index (κ2) is 9.39. The van der Waals surface area contributed by atoms with Crippen LogP contribution in [0.4, 0.5) is 4.39 Å². The monoisotopic (exact) mass is 412 g/mol. The number of rotatable bonds is 6. The lowest BCUT2D eigenvalue weighted by molar-refractivity contribution is -0.141. The molecule has 160 valence electrons. The van der Waals surface area contributed by atoms with Crippen LogP contribution in [-0.2, 0) is 9.59 Å². The minimum Gasteiger partial charge on any atom is -0.387 e. The molecule has 3 unspecified atom stereocenters. The van der Waals surface area contributed by atoms with E-state index in [0.29, 0.717) is 17.9 Å². The van der Waals surface area contributed by atoms with Gasteiger partial charge in [-0.25, -0.2) is 4.39 Å². The van der Waals surface area contributed by atoms with Crippen molar-refractivity contribution in [3.8, 4) is 0 Å². The van der Waals surface area contributed by atoms with Crippen LogP contribution in [0.15, 0.2) is 48.5 Å². The first-order valence-electron chi connectivity index (χ1n) is 10.3. The third-order valence-corrected chi connectivity index (χ3v) is 5.85. The molecule has 30 heavy (non-hydrogen) atoms. The van der Waals surface area contributed by atoms with Crippen LogP contribution in [0.5, 0.6) is 0 Å². The second-order valence-corrected chi connectivity index (χ2v) is 8.23. The Morgan fingerprint density at radius 1 is 1.20 bits per heavy atom. The number of aliphatic hydroxyl groups excluding tert-OH is 1. The van der Waals surface area contributed by atoms with E-state index in [4.69, 9.17) is 0 Å². The highest BCUT2D eigenvalue weighted by atomic mass is 19.1. The van der Waals surface area contributed by atoms with Gasteiger partial charge in [0, 0.05) is 20.0 Å². The molecule has 1 aliphatic rings. The second-order valence-electron chi connectivity index (χ2n) is 8.23. The Kier molecular flexibility index (Phi) is 6.87. The Hall–Kier alpha value is -2.73. The lowest BCUT2D eigenvalue weighted by atomic mass is 9.84. The van der Waals surface area contributed by atoms with Crippen molar-refractivity contribution < 1.29 is 19.1 Å². The number of likely N-dealkylation sites (tertiary alicyclic amines) is 1. The van der Waals surface area contributed by atoms with Crippen molar-refractivity contribution in [2.24, 2.45) is 5.92 Å². The SMILES string of the molecule is CC(C)c1ccc(C(O)CNC(=O)C2CCC(=O)N(C)C2c2cccc(F)c2)cc1. The van der Waals surface area contributed by atoms with E-state index in [1.54, 1.807) is 19.2 Å². The Morgan fingerprint density at radius 3 is 2.50 bits per heavy atom. The molecule has 2 aromatic rings. The fourth-order valence-corrected chi connectivity index (χ4v) is 4.01. The summed E-state index contributed by atoms with van der Waals surface area (Å²) in [5.74, 6) is -0.829. The maximum Gasteiger partial charge on any atom is 0.225 e. The number of piperidine rings is 1. The van der Waals surface area contributed by atoms with Crippen LogP contribution in [-0.4, -0.2) is 35.4 Å². The van der Waals surface area contributed by atoms with Gasteiger partial charge in [-0.05, 0) is 41.2 Å². The van der Waals surface area contributed by atoms with E-state index in [0.717, 1.165) is 5.56 Å². The molecule has 2 amide bonds. The summed E-state index contributed by atoms with van der Waals surface area (Å²) in [4.78, 5) is 26.7. The van der Waals surface area contributed by atoms with Gasteiger partial charge < -0.3 is 15.3 Å². The summed E-state index contributed by atoms with van der Waals surface area (Å²) in [7, 11) is 1.64. The maximum atomic E-state index is 13.8. The quantitative estimate of drug-likeness (QED) is 0.760. The highest BCUT2D eigenvalue weighted by Crippen LogP contribution is 2.36. The topological polar surface area (TPSA) is 69.6 Å². The molecule has 0 aromatic heterocycles. The van der Waals surface area contributed by atoms with Gasteiger partial charge in [-0.2, -0.15) is 0 Å².